The minimum atomic E-state index is -0.0175. The molecule has 2 nitrogen and oxygen atoms in total. The van der Waals surface area contributed by atoms with Gasteiger partial charge < -0.3 is 9.47 Å². The molecule has 0 heterocycles. The van der Waals surface area contributed by atoms with Crippen LogP contribution in [0.25, 0.3) is 6.08 Å². The largest absolute Gasteiger partial charge is 0.493 e. The Morgan fingerprint density at radius 2 is 1.68 bits per heavy atom. The second kappa shape index (κ2) is 5.04. The van der Waals surface area contributed by atoms with E-state index >= 15 is 0 Å². The molecular formula is C20H26O2. The Morgan fingerprint density at radius 1 is 1.05 bits per heavy atom. The van der Waals surface area contributed by atoms with Crippen molar-refractivity contribution in [2.45, 2.75) is 44.6 Å². The van der Waals surface area contributed by atoms with Crippen LogP contribution in [0.4, 0.5) is 0 Å². The standard InChI is InChI=1S/C20H26O2/c1-4-13-5-6-18(19(12-13)21-3)22-20(2)16-8-14-7-15(10-16)11-17(20)9-14/h4-6,12,14-17H,1,7-11H2,2-3H3. The van der Waals surface area contributed by atoms with Gasteiger partial charge in [-0.3, -0.25) is 0 Å². The first-order valence-corrected chi connectivity index (χ1v) is 8.62. The van der Waals surface area contributed by atoms with Gasteiger partial charge in [0.15, 0.2) is 11.5 Å². The molecule has 0 radical (unpaired) electrons. The highest BCUT2D eigenvalue weighted by atomic mass is 16.5. The molecule has 0 amide bonds. The summed E-state index contributed by atoms with van der Waals surface area (Å²) in [6.45, 7) is 6.18. The quantitative estimate of drug-likeness (QED) is 0.784. The zero-order valence-corrected chi connectivity index (χ0v) is 13.7. The summed E-state index contributed by atoms with van der Waals surface area (Å²) in [6, 6.07) is 6.12. The van der Waals surface area contributed by atoms with Crippen LogP contribution in [0.2, 0.25) is 0 Å². The fourth-order valence-corrected chi connectivity index (χ4v) is 5.42. The Kier molecular flexibility index (Phi) is 3.25. The van der Waals surface area contributed by atoms with Crippen molar-refractivity contribution in [1.82, 2.24) is 0 Å². The Hall–Kier alpha value is -1.44. The van der Waals surface area contributed by atoms with E-state index in [1.165, 1.54) is 32.1 Å². The van der Waals surface area contributed by atoms with Crippen LogP contribution >= 0.6 is 0 Å². The molecule has 0 N–H and O–H groups in total. The molecular weight excluding hydrogens is 272 g/mol. The number of ether oxygens (including phenoxy) is 2. The summed E-state index contributed by atoms with van der Waals surface area (Å²) in [5.74, 6) is 5.07. The summed E-state index contributed by atoms with van der Waals surface area (Å²) in [6.07, 6.45) is 8.75. The lowest BCUT2D eigenvalue weighted by atomic mass is 9.50. The first kappa shape index (κ1) is 14.2. The number of methoxy groups -OCH3 is 1. The third-order valence-corrected chi connectivity index (χ3v) is 6.51. The molecule has 1 aromatic carbocycles. The lowest BCUT2D eigenvalue weighted by Crippen LogP contribution is -2.59. The maximum absolute atomic E-state index is 6.64. The summed E-state index contributed by atoms with van der Waals surface area (Å²) in [5, 5.41) is 0. The molecule has 4 aliphatic carbocycles. The highest BCUT2D eigenvalue weighted by Crippen LogP contribution is 2.59. The van der Waals surface area contributed by atoms with Crippen molar-refractivity contribution >= 4 is 6.08 Å². The van der Waals surface area contributed by atoms with Crippen LogP contribution in [0.5, 0.6) is 11.5 Å². The molecule has 1 aromatic rings. The van der Waals surface area contributed by atoms with Crippen molar-refractivity contribution in [3.05, 3.63) is 30.3 Å². The molecule has 0 atom stereocenters. The van der Waals surface area contributed by atoms with Crippen LogP contribution in [0, 0.1) is 23.7 Å². The average molecular weight is 298 g/mol. The zero-order chi connectivity index (χ0) is 15.3. The van der Waals surface area contributed by atoms with Crippen molar-refractivity contribution in [3.63, 3.8) is 0 Å². The van der Waals surface area contributed by atoms with Gasteiger partial charge in [-0.05, 0) is 80.4 Å². The highest BCUT2D eigenvalue weighted by molar-refractivity contribution is 5.54. The predicted molar refractivity (Wildman–Crippen MR) is 89.2 cm³/mol. The van der Waals surface area contributed by atoms with Crippen molar-refractivity contribution < 1.29 is 9.47 Å². The smallest absolute Gasteiger partial charge is 0.162 e. The topological polar surface area (TPSA) is 18.5 Å². The Bertz CT molecular complexity index is 561. The molecule has 4 fully saturated rings. The van der Waals surface area contributed by atoms with E-state index in [9.17, 15) is 0 Å². The SMILES string of the molecule is C=Cc1ccc(OC2(C)C3CC4CC(C3)CC2C4)c(OC)c1. The molecule has 0 aromatic heterocycles. The van der Waals surface area contributed by atoms with Gasteiger partial charge in [0.2, 0.25) is 0 Å². The first-order chi connectivity index (χ1) is 10.6. The summed E-state index contributed by atoms with van der Waals surface area (Å²) in [4.78, 5) is 0. The highest BCUT2D eigenvalue weighted by Gasteiger charge is 2.56. The van der Waals surface area contributed by atoms with Crippen molar-refractivity contribution in [3.8, 4) is 11.5 Å². The van der Waals surface area contributed by atoms with Gasteiger partial charge in [-0.1, -0.05) is 18.7 Å². The van der Waals surface area contributed by atoms with Crippen molar-refractivity contribution in [2.24, 2.45) is 23.7 Å². The van der Waals surface area contributed by atoms with E-state index < -0.39 is 0 Å². The van der Waals surface area contributed by atoms with Gasteiger partial charge in [-0.25, -0.2) is 0 Å². The number of hydrogen-bond acceptors (Lipinski definition) is 2. The predicted octanol–water partition coefficient (Wildman–Crippen LogP) is 4.93. The lowest BCUT2D eigenvalue weighted by Gasteiger charge is -2.59. The van der Waals surface area contributed by atoms with E-state index in [0.717, 1.165) is 28.9 Å². The fraction of sp³-hybridized carbons (Fsp3) is 0.600. The minimum absolute atomic E-state index is 0.0175. The first-order valence-electron chi connectivity index (χ1n) is 8.62. The molecule has 4 saturated carbocycles. The van der Waals surface area contributed by atoms with E-state index in [1.54, 1.807) is 7.11 Å². The van der Waals surface area contributed by atoms with Gasteiger partial charge in [-0.15, -0.1) is 0 Å². The summed E-state index contributed by atoms with van der Waals surface area (Å²) in [5.41, 5.74) is 1.05. The van der Waals surface area contributed by atoms with Crippen LogP contribution < -0.4 is 9.47 Å². The Balaban J connectivity index is 1.64. The van der Waals surface area contributed by atoms with Crippen molar-refractivity contribution in [1.29, 1.82) is 0 Å². The van der Waals surface area contributed by atoms with Crippen LogP contribution in [-0.2, 0) is 0 Å². The van der Waals surface area contributed by atoms with E-state index in [0.29, 0.717) is 11.8 Å². The zero-order valence-electron chi connectivity index (χ0n) is 13.7. The summed E-state index contributed by atoms with van der Waals surface area (Å²) >= 11 is 0. The normalized spacial score (nSPS) is 38.8. The van der Waals surface area contributed by atoms with Gasteiger partial charge in [-0.2, -0.15) is 0 Å². The van der Waals surface area contributed by atoms with Gasteiger partial charge >= 0.3 is 0 Å². The summed E-state index contributed by atoms with van der Waals surface area (Å²) < 4.78 is 12.2. The van der Waals surface area contributed by atoms with E-state index in [4.69, 9.17) is 9.47 Å². The van der Waals surface area contributed by atoms with E-state index in [2.05, 4.69) is 19.6 Å². The molecule has 4 aliphatic rings. The van der Waals surface area contributed by atoms with Gasteiger partial charge in [0.1, 0.15) is 5.60 Å². The van der Waals surface area contributed by atoms with Crippen LogP contribution in [0.1, 0.15) is 44.6 Å². The molecule has 5 rings (SSSR count). The average Bonchev–Trinajstić information content (AvgIpc) is 2.52. The second-order valence-electron chi connectivity index (χ2n) is 7.70. The molecule has 0 unspecified atom stereocenters. The van der Waals surface area contributed by atoms with Crippen LogP contribution in [0.3, 0.4) is 0 Å². The monoisotopic (exact) mass is 298 g/mol. The molecule has 0 spiro atoms. The third-order valence-electron chi connectivity index (χ3n) is 6.51. The third kappa shape index (κ3) is 2.07. The minimum Gasteiger partial charge on any atom is -0.493 e. The van der Waals surface area contributed by atoms with E-state index in [1.807, 2.05) is 18.2 Å². The molecule has 4 bridgehead atoms. The molecule has 2 heteroatoms. The Labute approximate surface area is 133 Å². The summed E-state index contributed by atoms with van der Waals surface area (Å²) in [7, 11) is 1.72. The molecule has 118 valence electrons. The number of rotatable bonds is 4. The maximum Gasteiger partial charge on any atom is 0.162 e. The van der Waals surface area contributed by atoms with Gasteiger partial charge in [0, 0.05) is 0 Å². The van der Waals surface area contributed by atoms with Gasteiger partial charge in [0.25, 0.3) is 0 Å². The lowest BCUT2D eigenvalue weighted by molar-refractivity contribution is -0.146. The second-order valence-corrected chi connectivity index (χ2v) is 7.70. The Morgan fingerprint density at radius 3 is 2.23 bits per heavy atom. The van der Waals surface area contributed by atoms with Crippen molar-refractivity contribution in [2.75, 3.05) is 7.11 Å². The fourth-order valence-electron chi connectivity index (χ4n) is 5.42. The van der Waals surface area contributed by atoms with Crippen LogP contribution in [-0.4, -0.2) is 12.7 Å². The number of hydrogen-bond donors (Lipinski definition) is 0. The molecule has 22 heavy (non-hydrogen) atoms. The molecule has 0 saturated heterocycles. The number of benzene rings is 1. The van der Waals surface area contributed by atoms with E-state index in [-0.39, 0.29) is 5.60 Å². The maximum atomic E-state index is 6.64. The van der Waals surface area contributed by atoms with Crippen LogP contribution in [0.15, 0.2) is 24.8 Å². The van der Waals surface area contributed by atoms with Gasteiger partial charge in [0.05, 0.1) is 7.11 Å². The molecule has 0 aliphatic heterocycles.